The number of carbonyl (C=O) groups excluding carboxylic acids is 1. The molecule has 1 amide bonds. The van der Waals surface area contributed by atoms with Crippen molar-refractivity contribution in [3.8, 4) is 0 Å². The van der Waals surface area contributed by atoms with Crippen molar-refractivity contribution in [2.24, 2.45) is 5.41 Å². The van der Waals surface area contributed by atoms with E-state index >= 15 is 0 Å². The molecule has 5 heteroatoms. The Kier molecular flexibility index (Phi) is 2.12. The average Bonchev–Trinajstić information content (AvgIpc) is 2.37. The summed E-state index contributed by atoms with van der Waals surface area (Å²) in [5.41, 5.74) is 2.22. The summed E-state index contributed by atoms with van der Waals surface area (Å²) in [6.45, 7) is 5.52. The van der Waals surface area contributed by atoms with Crippen molar-refractivity contribution >= 4 is 5.91 Å². The molecule has 0 radical (unpaired) electrons. The molecule has 5 nitrogen and oxygen atoms in total. The van der Waals surface area contributed by atoms with Gasteiger partial charge in [0.2, 0.25) is 5.91 Å². The van der Waals surface area contributed by atoms with Gasteiger partial charge in [0.05, 0.1) is 0 Å². The van der Waals surface area contributed by atoms with E-state index in [4.69, 9.17) is 0 Å². The first-order valence-electron chi connectivity index (χ1n) is 3.66. The van der Waals surface area contributed by atoms with Crippen molar-refractivity contribution < 1.29 is 4.79 Å². The molecule has 0 saturated heterocycles. The molecule has 1 aromatic heterocycles. The number of amides is 1. The smallest absolute Gasteiger partial charge is 0.244 e. The second kappa shape index (κ2) is 2.92. The van der Waals surface area contributed by atoms with Gasteiger partial charge in [-0.05, 0) is 0 Å². The zero-order valence-electron chi connectivity index (χ0n) is 7.40. The molecule has 0 atom stereocenters. The average molecular weight is 168 g/mol. The van der Waals surface area contributed by atoms with E-state index in [-0.39, 0.29) is 5.91 Å². The maximum atomic E-state index is 11.3. The van der Waals surface area contributed by atoms with Crippen LogP contribution in [0.5, 0.6) is 0 Å². The summed E-state index contributed by atoms with van der Waals surface area (Å²) in [7, 11) is 0. The van der Waals surface area contributed by atoms with Gasteiger partial charge in [-0.2, -0.15) is 0 Å². The first-order chi connectivity index (χ1) is 5.50. The Morgan fingerprint density at radius 1 is 1.33 bits per heavy atom. The molecular weight excluding hydrogens is 156 g/mol. The molecule has 0 aliphatic carbocycles. The molecule has 1 rings (SSSR count). The van der Waals surface area contributed by atoms with Gasteiger partial charge in [0.15, 0.2) is 0 Å². The Balaban J connectivity index is 2.60. The molecule has 0 aliphatic heterocycles. The van der Waals surface area contributed by atoms with E-state index in [1.165, 1.54) is 17.3 Å². The Morgan fingerprint density at radius 2 is 1.83 bits per heavy atom. The summed E-state index contributed by atoms with van der Waals surface area (Å²) in [5, 5.41) is 7.11. The van der Waals surface area contributed by atoms with Gasteiger partial charge in [-0.15, -0.1) is 10.2 Å². The molecule has 1 aromatic rings. The molecule has 1 heterocycles. The second-order valence-corrected chi connectivity index (χ2v) is 3.56. The van der Waals surface area contributed by atoms with Gasteiger partial charge in [0.25, 0.3) is 0 Å². The number of carbonyl (C=O) groups is 1. The second-order valence-electron chi connectivity index (χ2n) is 3.56. The number of nitrogens with zero attached hydrogens (tertiary/aromatic N) is 3. The van der Waals surface area contributed by atoms with Crippen LogP contribution in [0.1, 0.15) is 20.8 Å². The first-order valence-corrected chi connectivity index (χ1v) is 3.66. The highest BCUT2D eigenvalue weighted by Gasteiger charge is 2.21. The largest absolute Gasteiger partial charge is 0.273 e. The molecule has 0 unspecified atom stereocenters. The fraction of sp³-hybridized carbons (Fsp3) is 0.571. The van der Waals surface area contributed by atoms with Crippen LogP contribution in [-0.4, -0.2) is 20.8 Å². The molecule has 0 aromatic carbocycles. The fourth-order valence-electron chi connectivity index (χ4n) is 0.543. The van der Waals surface area contributed by atoms with Crippen LogP contribution in [-0.2, 0) is 4.79 Å². The van der Waals surface area contributed by atoms with Crippen molar-refractivity contribution in [3.63, 3.8) is 0 Å². The molecule has 0 aliphatic rings. The lowest BCUT2D eigenvalue weighted by atomic mass is 9.96. The summed E-state index contributed by atoms with van der Waals surface area (Å²) in [4.78, 5) is 11.3. The number of nitrogens with one attached hydrogen (secondary N) is 1. The van der Waals surface area contributed by atoms with E-state index < -0.39 is 5.41 Å². The minimum Gasteiger partial charge on any atom is -0.273 e. The molecule has 0 spiro atoms. The summed E-state index contributed by atoms with van der Waals surface area (Å²) in [6.07, 6.45) is 2.87. The SMILES string of the molecule is CC(C)(C)C(=O)Nn1cnnc1. The third kappa shape index (κ3) is 2.05. The lowest BCUT2D eigenvalue weighted by Gasteiger charge is -2.17. The van der Waals surface area contributed by atoms with Gasteiger partial charge >= 0.3 is 0 Å². The number of aromatic nitrogens is 3. The van der Waals surface area contributed by atoms with Crippen LogP contribution in [0.15, 0.2) is 12.7 Å². The molecule has 66 valence electrons. The Hall–Kier alpha value is -1.39. The van der Waals surface area contributed by atoms with Gasteiger partial charge in [-0.25, -0.2) is 4.68 Å². The van der Waals surface area contributed by atoms with Crippen molar-refractivity contribution in [1.29, 1.82) is 0 Å². The Morgan fingerprint density at radius 3 is 2.25 bits per heavy atom. The number of hydrogen-bond donors (Lipinski definition) is 1. The third-order valence-corrected chi connectivity index (χ3v) is 1.33. The van der Waals surface area contributed by atoms with Gasteiger partial charge in [-0.1, -0.05) is 20.8 Å². The minimum atomic E-state index is -0.399. The lowest BCUT2D eigenvalue weighted by Crippen LogP contribution is -2.32. The lowest BCUT2D eigenvalue weighted by molar-refractivity contribution is -0.124. The topological polar surface area (TPSA) is 59.8 Å². The van der Waals surface area contributed by atoms with E-state index in [2.05, 4.69) is 15.6 Å². The summed E-state index contributed by atoms with van der Waals surface area (Å²) in [5.74, 6) is -0.0673. The number of rotatable bonds is 1. The zero-order chi connectivity index (χ0) is 9.19. The van der Waals surface area contributed by atoms with Crippen LogP contribution >= 0.6 is 0 Å². The van der Waals surface area contributed by atoms with Crippen LogP contribution in [0, 0.1) is 5.41 Å². The first kappa shape index (κ1) is 8.70. The molecule has 0 fully saturated rings. The third-order valence-electron chi connectivity index (χ3n) is 1.33. The molecule has 0 saturated carbocycles. The van der Waals surface area contributed by atoms with Gasteiger partial charge in [0, 0.05) is 5.41 Å². The Bertz CT molecular complexity index is 259. The highest BCUT2D eigenvalue weighted by molar-refractivity contribution is 5.88. The zero-order valence-corrected chi connectivity index (χ0v) is 7.40. The molecular formula is C7H12N4O. The van der Waals surface area contributed by atoms with Crippen molar-refractivity contribution in [1.82, 2.24) is 14.9 Å². The molecule has 1 N–H and O–H groups in total. The van der Waals surface area contributed by atoms with E-state index in [0.29, 0.717) is 0 Å². The Labute approximate surface area is 70.8 Å². The maximum Gasteiger partial charge on any atom is 0.244 e. The monoisotopic (exact) mass is 168 g/mol. The van der Waals surface area contributed by atoms with Gasteiger partial charge in [0.1, 0.15) is 12.7 Å². The van der Waals surface area contributed by atoms with E-state index in [9.17, 15) is 4.79 Å². The predicted molar refractivity (Wildman–Crippen MR) is 43.8 cm³/mol. The standard InChI is InChI=1S/C7H12N4O/c1-7(2,3)6(12)10-11-4-8-9-5-11/h4-5H,1-3H3,(H,10,12). The normalized spacial score (nSPS) is 11.2. The van der Waals surface area contributed by atoms with Crippen molar-refractivity contribution in [2.75, 3.05) is 5.43 Å². The quantitative estimate of drug-likeness (QED) is 0.660. The highest BCUT2D eigenvalue weighted by Crippen LogP contribution is 2.12. The van der Waals surface area contributed by atoms with Crippen LogP contribution < -0.4 is 5.43 Å². The fourth-order valence-corrected chi connectivity index (χ4v) is 0.543. The van der Waals surface area contributed by atoms with Crippen LogP contribution in [0.3, 0.4) is 0 Å². The summed E-state index contributed by atoms with van der Waals surface area (Å²) >= 11 is 0. The van der Waals surface area contributed by atoms with E-state index in [1.54, 1.807) is 0 Å². The van der Waals surface area contributed by atoms with Crippen LogP contribution in [0.4, 0.5) is 0 Å². The van der Waals surface area contributed by atoms with Crippen LogP contribution in [0.2, 0.25) is 0 Å². The summed E-state index contributed by atoms with van der Waals surface area (Å²) in [6, 6.07) is 0. The molecule has 0 bridgehead atoms. The van der Waals surface area contributed by atoms with Crippen molar-refractivity contribution in [3.05, 3.63) is 12.7 Å². The highest BCUT2D eigenvalue weighted by atomic mass is 16.2. The maximum absolute atomic E-state index is 11.3. The van der Waals surface area contributed by atoms with Gasteiger partial charge in [-0.3, -0.25) is 10.2 Å². The minimum absolute atomic E-state index is 0.0673. The van der Waals surface area contributed by atoms with E-state index in [0.717, 1.165) is 0 Å². The number of hydrogen-bond acceptors (Lipinski definition) is 3. The molecule has 12 heavy (non-hydrogen) atoms. The predicted octanol–water partition coefficient (Wildman–Crippen LogP) is 0.394. The summed E-state index contributed by atoms with van der Waals surface area (Å²) < 4.78 is 1.42. The van der Waals surface area contributed by atoms with E-state index in [1.807, 2.05) is 20.8 Å². The van der Waals surface area contributed by atoms with Gasteiger partial charge < -0.3 is 0 Å². The van der Waals surface area contributed by atoms with Crippen LogP contribution in [0.25, 0.3) is 0 Å². The van der Waals surface area contributed by atoms with Crippen molar-refractivity contribution in [2.45, 2.75) is 20.8 Å².